The third kappa shape index (κ3) is 7.59. The van der Waals surface area contributed by atoms with E-state index in [4.69, 9.17) is 15.3 Å². The quantitative estimate of drug-likeness (QED) is 0.205. The minimum absolute atomic E-state index is 0. The number of aromatic amines is 3. The van der Waals surface area contributed by atoms with E-state index in [2.05, 4.69) is 140 Å². The predicted octanol–water partition coefficient (Wildman–Crippen LogP) is 6.77. The maximum atomic E-state index is 5.08. The van der Waals surface area contributed by atoms with Crippen LogP contribution in [0.5, 0.6) is 0 Å². The topological polar surface area (TPSA) is 86.0 Å². The van der Waals surface area contributed by atoms with E-state index in [0.717, 1.165) is 17.1 Å². The monoisotopic (exact) mass is 732 g/mol. The third-order valence-corrected chi connectivity index (χ3v) is 7.66. The van der Waals surface area contributed by atoms with Crippen LogP contribution in [-0.2, 0) is 49.6 Å². The van der Waals surface area contributed by atoms with Gasteiger partial charge in [-0.1, -0.05) is 125 Å². The zero-order valence-electron chi connectivity index (χ0n) is 29.7. The van der Waals surface area contributed by atoms with Crippen molar-refractivity contribution in [3.63, 3.8) is 0 Å². The number of hydrogen-bond donors (Lipinski definition) is 3. The van der Waals surface area contributed by atoms with E-state index in [0.29, 0.717) is 0 Å². The molecule has 0 spiro atoms. The van der Waals surface area contributed by atoms with E-state index in [1.807, 2.05) is 0 Å². The average Bonchev–Trinajstić information content (AvgIpc) is 3.42. The zero-order valence-corrected chi connectivity index (χ0v) is 33.1. The van der Waals surface area contributed by atoms with Crippen LogP contribution in [0.3, 0.4) is 0 Å². The summed E-state index contributed by atoms with van der Waals surface area (Å²) in [6.07, 6.45) is 0. The molecular formula is C33H58BFeIN6. The molecule has 0 saturated carbocycles. The van der Waals surface area contributed by atoms with Crippen LogP contribution in [0, 0.1) is 0 Å². The molecule has 3 N–H and O–H groups in total. The first-order chi connectivity index (χ1) is 17.7. The molecule has 3 rings (SSSR count). The molecule has 9 heteroatoms. The summed E-state index contributed by atoms with van der Waals surface area (Å²) in [5, 5.41) is 25.9. The van der Waals surface area contributed by atoms with Crippen molar-refractivity contribution < 1.29 is 17.1 Å². The van der Waals surface area contributed by atoms with E-state index in [9.17, 15) is 0 Å². The Morgan fingerprint density at radius 2 is 0.571 bits per heavy atom. The third-order valence-electron chi connectivity index (χ3n) is 7.66. The molecule has 0 aliphatic heterocycles. The van der Waals surface area contributed by atoms with Crippen LogP contribution in [-0.4, -0.2) is 37.3 Å². The molecule has 0 radical (unpaired) electrons. The molecule has 0 aliphatic carbocycles. The van der Waals surface area contributed by atoms with Gasteiger partial charge in [-0.25, -0.2) is 0 Å². The number of halogens is 1. The number of rotatable bonds is 3. The Balaban J connectivity index is 0.00000441. The van der Waals surface area contributed by atoms with Crippen molar-refractivity contribution in [2.75, 3.05) is 0 Å². The van der Waals surface area contributed by atoms with E-state index >= 15 is 0 Å². The van der Waals surface area contributed by atoms with Crippen LogP contribution >= 0.6 is 24.0 Å². The van der Waals surface area contributed by atoms with E-state index < -0.39 is 0 Å². The first-order valence-electron chi connectivity index (χ1n) is 15.0. The van der Waals surface area contributed by atoms with Gasteiger partial charge in [-0.3, -0.25) is 15.3 Å². The minimum Gasteiger partial charge on any atom is -0.282 e. The van der Waals surface area contributed by atoms with Gasteiger partial charge in [0.05, 0.1) is 17.1 Å². The maximum absolute atomic E-state index is 5.08. The van der Waals surface area contributed by atoms with Gasteiger partial charge in [-0.15, -0.1) is 24.0 Å². The molecule has 0 aromatic carbocycles. The molecule has 0 unspecified atom stereocenters. The molecule has 3 heterocycles. The van der Waals surface area contributed by atoms with Crippen molar-refractivity contribution in [3.8, 4) is 0 Å². The van der Waals surface area contributed by atoms with Crippen LogP contribution in [0.1, 0.15) is 159 Å². The molecule has 0 aliphatic rings. The molecule has 0 atom stereocenters. The Labute approximate surface area is 284 Å². The van der Waals surface area contributed by atoms with Crippen molar-refractivity contribution in [2.45, 2.75) is 157 Å². The minimum atomic E-state index is -0.172. The average molecular weight is 732 g/mol. The van der Waals surface area contributed by atoms with Gasteiger partial charge in [-0.05, 0) is 16.4 Å². The Morgan fingerprint density at radius 1 is 0.381 bits per heavy atom. The number of nitrogens with zero attached hydrogens (tertiary/aromatic N) is 3. The van der Waals surface area contributed by atoms with Gasteiger partial charge in [0, 0.05) is 66.6 Å². The molecule has 0 amide bonds. The summed E-state index contributed by atoms with van der Waals surface area (Å²) in [5.41, 5.74) is 9.63. The fourth-order valence-electron chi connectivity index (χ4n) is 5.76. The van der Waals surface area contributed by atoms with E-state index in [-0.39, 0.29) is 80.2 Å². The van der Waals surface area contributed by atoms with Gasteiger partial charge in [0.2, 0.25) is 0 Å². The second-order valence-corrected chi connectivity index (χ2v) is 18.0. The summed E-state index contributed by atoms with van der Waals surface area (Å²) in [6.45, 7) is 40.8. The second kappa shape index (κ2) is 12.0. The van der Waals surface area contributed by atoms with Crippen LogP contribution in [0.15, 0.2) is 0 Å². The second-order valence-electron chi connectivity index (χ2n) is 18.0. The molecule has 3 aromatic heterocycles. The van der Waals surface area contributed by atoms with Crippen molar-refractivity contribution >= 4 is 47.1 Å². The molecule has 6 nitrogen and oxygen atoms in total. The van der Waals surface area contributed by atoms with E-state index in [1.165, 1.54) is 33.5 Å². The normalized spacial score (nSPS) is 13.6. The molecule has 42 heavy (non-hydrogen) atoms. The number of H-pyrrole nitrogens is 3. The van der Waals surface area contributed by atoms with E-state index in [1.54, 1.807) is 0 Å². The maximum Gasteiger partial charge on any atom is 0.255 e. The molecule has 0 saturated heterocycles. The Morgan fingerprint density at radius 3 is 0.714 bits per heavy atom. The smallest absolute Gasteiger partial charge is 0.255 e. The predicted molar refractivity (Wildman–Crippen MR) is 188 cm³/mol. The summed E-state index contributed by atoms with van der Waals surface area (Å²) in [4.78, 5) is 0. The summed E-state index contributed by atoms with van der Waals surface area (Å²) in [6, 6.07) is 0. The van der Waals surface area contributed by atoms with Crippen LogP contribution in [0.4, 0.5) is 0 Å². The van der Waals surface area contributed by atoms with Crippen molar-refractivity contribution in [2.24, 2.45) is 0 Å². The summed E-state index contributed by atoms with van der Waals surface area (Å²) >= 11 is 0. The standard InChI is InChI=1S/C33H57BN6.Fe.HI/c1-28(2,3)22-19(23(36-35-22)29(4,5)6)34(20-24(30(7,8)9)37-38-25(20)31(10,11)12)21-26(32(13,14)15)39-40-27(21)33(16,17)18;;/h1-18H3,(H,35,36)(H,37,38)(H,39,40);;1H. The van der Waals surface area contributed by atoms with Crippen molar-refractivity contribution in [3.05, 3.63) is 34.2 Å². The fourth-order valence-corrected chi connectivity index (χ4v) is 5.76. The van der Waals surface area contributed by atoms with Crippen LogP contribution in [0.25, 0.3) is 0 Å². The number of nitrogens with one attached hydrogen (secondary N) is 3. The molecule has 238 valence electrons. The van der Waals surface area contributed by atoms with Gasteiger partial charge < -0.3 is 0 Å². The molecule has 3 aromatic rings. The van der Waals surface area contributed by atoms with Gasteiger partial charge >= 0.3 is 0 Å². The Bertz CT molecular complexity index is 1090. The Kier molecular flexibility index (Phi) is 11.2. The van der Waals surface area contributed by atoms with Crippen molar-refractivity contribution in [1.82, 2.24) is 30.6 Å². The zero-order chi connectivity index (χ0) is 31.0. The fraction of sp³-hybridized carbons (Fsp3) is 0.727. The summed E-state index contributed by atoms with van der Waals surface area (Å²) < 4.78 is 0. The molecule has 0 fully saturated rings. The van der Waals surface area contributed by atoms with Gasteiger partial charge in [0.25, 0.3) is 6.71 Å². The SMILES string of the molecule is CC(C)(C)c1n[nH]c(C(C)(C)C)c1B(c1c(C(C)(C)C)n[nH]c1C(C)(C)C)c1c(C(C)(C)C)n[nH]c1C(C)(C)C.I.[Fe]. The largest absolute Gasteiger partial charge is 0.282 e. The van der Waals surface area contributed by atoms with Gasteiger partial charge in [0.1, 0.15) is 0 Å². The van der Waals surface area contributed by atoms with Gasteiger partial charge in [-0.2, -0.15) is 15.3 Å². The van der Waals surface area contributed by atoms with Gasteiger partial charge in [0.15, 0.2) is 0 Å². The molecular weight excluding hydrogens is 674 g/mol. The van der Waals surface area contributed by atoms with Crippen LogP contribution < -0.4 is 16.4 Å². The summed E-state index contributed by atoms with van der Waals surface area (Å²) in [7, 11) is 0. The van der Waals surface area contributed by atoms with Crippen LogP contribution in [0.2, 0.25) is 0 Å². The Hall–Kier alpha value is -1.06. The summed E-state index contributed by atoms with van der Waals surface area (Å²) in [5.74, 6) is 0. The first-order valence-corrected chi connectivity index (χ1v) is 15.0. The first kappa shape index (κ1) is 39.0. The van der Waals surface area contributed by atoms with Crippen molar-refractivity contribution in [1.29, 1.82) is 0 Å². The number of aromatic nitrogens is 6. The number of hydrogen-bond acceptors (Lipinski definition) is 3. The molecule has 0 bridgehead atoms.